The fourth-order valence-corrected chi connectivity index (χ4v) is 3.79. The Hall–Kier alpha value is -3.00. The molecule has 30 heavy (non-hydrogen) atoms. The number of aryl methyl sites for hydroxylation is 2. The molecule has 0 spiro atoms. The van der Waals surface area contributed by atoms with Gasteiger partial charge in [0.05, 0.1) is 6.61 Å². The van der Waals surface area contributed by atoms with Crippen LogP contribution in [-0.2, 0) is 0 Å². The summed E-state index contributed by atoms with van der Waals surface area (Å²) in [5.74, 6) is 0.460. The van der Waals surface area contributed by atoms with E-state index in [-0.39, 0.29) is 28.7 Å². The van der Waals surface area contributed by atoms with Crippen molar-refractivity contribution in [2.75, 3.05) is 43.0 Å². The number of furan rings is 1. The first-order chi connectivity index (χ1) is 14.4. The van der Waals surface area contributed by atoms with Crippen molar-refractivity contribution in [1.82, 2.24) is 14.9 Å². The van der Waals surface area contributed by atoms with E-state index in [9.17, 15) is 4.79 Å². The van der Waals surface area contributed by atoms with Gasteiger partial charge in [0.15, 0.2) is 11.0 Å². The molecule has 1 aromatic carbocycles. The topological polar surface area (TPSA) is 83.7 Å². The molecule has 1 saturated heterocycles. The minimum Gasteiger partial charge on any atom is -0.475 e. The SMILES string of the molecule is CCOc1nc2oc(Cl)cc2nc1NC(=O)N1CCN(c2cc(C)cc(C)c2)CC1. The van der Waals surface area contributed by atoms with Crippen molar-refractivity contribution >= 4 is 40.4 Å². The molecule has 0 saturated carbocycles. The second kappa shape index (κ2) is 8.39. The van der Waals surface area contributed by atoms with Crippen LogP contribution in [0.1, 0.15) is 18.1 Å². The van der Waals surface area contributed by atoms with Gasteiger partial charge in [-0.1, -0.05) is 6.07 Å². The number of carbonyl (C=O) groups is 1. The minimum atomic E-state index is -0.237. The zero-order valence-electron chi connectivity index (χ0n) is 17.2. The van der Waals surface area contributed by atoms with Gasteiger partial charge in [-0.2, -0.15) is 4.98 Å². The van der Waals surface area contributed by atoms with Crippen molar-refractivity contribution in [3.05, 3.63) is 40.6 Å². The first-order valence-corrected chi connectivity index (χ1v) is 10.3. The number of nitrogens with one attached hydrogen (secondary N) is 1. The summed E-state index contributed by atoms with van der Waals surface area (Å²) in [6, 6.07) is 7.83. The summed E-state index contributed by atoms with van der Waals surface area (Å²) in [7, 11) is 0. The summed E-state index contributed by atoms with van der Waals surface area (Å²) < 4.78 is 10.8. The number of halogens is 1. The smallest absolute Gasteiger partial charge is 0.323 e. The molecule has 0 bridgehead atoms. The number of aromatic nitrogens is 2. The molecule has 4 rings (SSSR count). The summed E-state index contributed by atoms with van der Waals surface area (Å²) in [6.07, 6.45) is 0. The molecule has 9 heteroatoms. The van der Waals surface area contributed by atoms with E-state index in [1.165, 1.54) is 16.8 Å². The number of piperazine rings is 1. The molecule has 1 fully saturated rings. The molecule has 1 aliphatic rings. The number of hydrogen-bond donors (Lipinski definition) is 1. The molecule has 0 atom stereocenters. The van der Waals surface area contributed by atoms with Crippen molar-refractivity contribution in [2.24, 2.45) is 0 Å². The lowest BCUT2D eigenvalue weighted by atomic mass is 10.1. The van der Waals surface area contributed by atoms with Gasteiger partial charge in [0, 0.05) is 37.9 Å². The van der Waals surface area contributed by atoms with Gasteiger partial charge in [-0.15, -0.1) is 0 Å². The predicted molar refractivity (Wildman–Crippen MR) is 117 cm³/mol. The van der Waals surface area contributed by atoms with Gasteiger partial charge < -0.3 is 19.0 Å². The highest BCUT2D eigenvalue weighted by molar-refractivity contribution is 6.29. The molecular formula is C21H24ClN5O3. The van der Waals surface area contributed by atoms with Gasteiger partial charge in [0.1, 0.15) is 5.52 Å². The van der Waals surface area contributed by atoms with E-state index >= 15 is 0 Å². The lowest BCUT2D eigenvalue weighted by molar-refractivity contribution is 0.208. The highest BCUT2D eigenvalue weighted by Gasteiger charge is 2.24. The molecule has 0 unspecified atom stereocenters. The Morgan fingerprint density at radius 3 is 2.50 bits per heavy atom. The van der Waals surface area contributed by atoms with Crippen molar-refractivity contribution in [3.8, 4) is 5.88 Å². The number of rotatable bonds is 4. The number of nitrogens with zero attached hydrogens (tertiary/aromatic N) is 4. The van der Waals surface area contributed by atoms with Crippen LogP contribution in [0.4, 0.5) is 16.3 Å². The van der Waals surface area contributed by atoms with Crippen molar-refractivity contribution in [1.29, 1.82) is 0 Å². The van der Waals surface area contributed by atoms with Crippen LogP contribution in [0.2, 0.25) is 5.22 Å². The maximum Gasteiger partial charge on any atom is 0.323 e. The summed E-state index contributed by atoms with van der Waals surface area (Å²) in [4.78, 5) is 25.6. The molecule has 0 radical (unpaired) electrons. The number of carbonyl (C=O) groups excluding carboxylic acids is 1. The molecule has 3 heterocycles. The van der Waals surface area contributed by atoms with Crippen LogP contribution in [0.3, 0.4) is 0 Å². The fourth-order valence-electron chi connectivity index (χ4n) is 3.62. The summed E-state index contributed by atoms with van der Waals surface area (Å²) in [5.41, 5.74) is 4.39. The quantitative estimate of drug-likeness (QED) is 0.667. The average molecular weight is 430 g/mol. The zero-order valence-corrected chi connectivity index (χ0v) is 18.0. The lowest BCUT2D eigenvalue weighted by Gasteiger charge is -2.36. The first kappa shape index (κ1) is 20.3. The number of fused-ring (bicyclic) bond motifs is 1. The summed E-state index contributed by atoms with van der Waals surface area (Å²) >= 11 is 5.89. The number of ether oxygens (including phenoxy) is 1. The third-order valence-corrected chi connectivity index (χ3v) is 5.13. The Kier molecular flexibility index (Phi) is 5.67. The monoisotopic (exact) mass is 429 g/mol. The minimum absolute atomic E-state index is 0.179. The van der Waals surface area contributed by atoms with Crippen molar-refractivity contribution < 1.29 is 13.9 Å². The number of hydrogen-bond acceptors (Lipinski definition) is 6. The third kappa shape index (κ3) is 4.28. The van der Waals surface area contributed by atoms with Crippen LogP contribution in [0.5, 0.6) is 5.88 Å². The molecule has 3 aromatic rings. The van der Waals surface area contributed by atoms with E-state index in [4.69, 9.17) is 20.8 Å². The summed E-state index contributed by atoms with van der Waals surface area (Å²) in [5, 5.41) is 3.00. The molecule has 1 N–H and O–H groups in total. The van der Waals surface area contributed by atoms with Gasteiger partial charge in [-0.05, 0) is 55.6 Å². The van der Waals surface area contributed by atoms with Crippen LogP contribution < -0.4 is 15.0 Å². The highest BCUT2D eigenvalue weighted by atomic mass is 35.5. The molecule has 8 nitrogen and oxygen atoms in total. The Morgan fingerprint density at radius 2 is 1.83 bits per heavy atom. The van der Waals surface area contributed by atoms with Crippen LogP contribution in [-0.4, -0.2) is 53.7 Å². The maximum atomic E-state index is 12.8. The number of urea groups is 1. The van der Waals surface area contributed by atoms with Gasteiger partial charge >= 0.3 is 6.03 Å². The second-order valence-electron chi connectivity index (χ2n) is 7.30. The number of amides is 2. The van der Waals surface area contributed by atoms with Gasteiger partial charge in [-0.25, -0.2) is 9.78 Å². The highest BCUT2D eigenvalue weighted by Crippen LogP contribution is 2.28. The predicted octanol–water partition coefficient (Wildman–Crippen LogP) is 4.25. The Labute approximate surface area is 179 Å². The van der Waals surface area contributed by atoms with E-state index in [0.717, 1.165) is 13.1 Å². The molecule has 1 aliphatic heterocycles. The van der Waals surface area contributed by atoms with Gasteiger partial charge in [0.2, 0.25) is 5.71 Å². The number of benzene rings is 1. The average Bonchev–Trinajstić information content (AvgIpc) is 3.06. The van der Waals surface area contributed by atoms with E-state index in [1.807, 2.05) is 6.92 Å². The van der Waals surface area contributed by atoms with Crippen molar-refractivity contribution in [2.45, 2.75) is 20.8 Å². The summed E-state index contributed by atoms with van der Waals surface area (Å²) in [6.45, 7) is 9.15. The van der Waals surface area contributed by atoms with Gasteiger partial charge in [0.25, 0.3) is 5.88 Å². The normalized spacial score (nSPS) is 14.3. The molecular weight excluding hydrogens is 406 g/mol. The Bertz CT molecular complexity index is 1060. The molecule has 158 valence electrons. The van der Waals surface area contributed by atoms with E-state index in [2.05, 4.69) is 52.2 Å². The lowest BCUT2D eigenvalue weighted by Crippen LogP contribution is -2.50. The third-order valence-electron chi connectivity index (χ3n) is 4.95. The van der Waals surface area contributed by atoms with Crippen LogP contribution in [0, 0.1) is 13.8 Å². The molecule has 0 aliphatic carbocycles. The number of anilines is 2. The standard InChI is InChI=1S/C21H24ClN5O3/c1-4-29-20-18(23-16-12-17(22)30-19(16)25-20)24-21(28)27-7-5-26(6-8-27)15-10-13(2)9-14(3)11-15/h9-12H,4-8H2,1-3H3,(H,23,24,28). The Morgan fingerprint density at radius 1 is 1.13 bits per heavy atom. The van der Waals surface area contributed by atoms with E-state index in [1.54, 1.807) is 11.0 Å². The maximum absolute atomic E-state index is 12.8. The first-order valence-electron chi connectivity index (χ1n) is 9.92. The molecule has 2 aromatic heterocycles. The van der Waals surface area contributed by atoms with Crippen molar-refractivity contribution in [3.63, 3.8) is 0 Å². The fraction of sp³-hybridized carbons (Fsp3) is 0.381. The van der Waals surface area contributed by atoms with Crippen LogP contribution in [0.15, 0.2) is 28.7 Å². The van der Waals surface area contributed by atoms with Gasteiger partial charge in [-0.3, -0.25) is 5.32 Å². The molecule has 2 amide bonds. The van der Waals surface area contributed by atoms with Crippen LogP contribution >= 0.6 is 11.6 Å². The van der Waals surface area contributed by atoms with Crippen LogP contribution in [0.25, 0.3) is 11.2 Å². The largest absolute Gasteiger partial charge is 0.475 e. The second-order valence-corrected chi connectivity index (χ2v) is 7.67. The zero-order chi connectivity index (χ0) is 21.3. The van der Waals surface area contributed by atoms with E-state index < -0.39 is 0 Å². The Balaban J connectivity index is 1.45. The van der Waals surface area contributed by atoms with E-state index in [0.29, 0.717) is 25.2 Å².